The fraction of sp³-hybridized carbons (Fsp3) is 0.846. The largest absolute Gasteiger partial charge is 0.339 e. The van der Waals surface area contributed by atoms with Gasteiger partial charge in [-0.2, -0.15) is 4.98 Å². The summed E-state index contributed by atoms with van der Waals surface area (Å²) in [7, 11) is 2.04. The van der Waals surface area contributed by atoms with Crippen LogP contribution in [0.3, 0.4) is 0 Å². The van der Waals surface area contributed by atoms with E-state index >= 15 is 0 Å². The summed E-state index contributed by atoms with van der Waals surface area (Å²) in [4.78, 5) is 4.52. The van der Waals surface area contributed by atoms with Gasteiger partial charge in [0.15, 0.2) is 5.82 Å². The molecule has 0 unspecified atom stereocenters. The molecule has 1 fully saturated rings. The Bertz CT molecular complexity index is 329. The molecule has 2 rings (SSSR count). The summed E-state index contributed by atoms with van der Waals surface area (Å²) in [6, 6.07) is 0.675. The molecule has 1 aliphatic carbocycles. The lowest BCUT2D eigenvalue weighted by molar-refractivity contribution is 0.287. The van der Waals surface area contributed by atoms with Gasteiger partial charge < -0.3 is 9.84 Å². The minimum Gasteiger partial charge on any atom is -0.339 e. The Labute approximate surface area is 103 Å². The van der Waals surface area contributed by atoms with Crippen LogP contribution in [-0.2, 0) is 6.42 Å². The van der Waals surface area contributed by atoms with Crippen LogP contribution in [0.1, 0.15) is 63.1 Å². The van der Waals surface area contributed by atoms with Crippen molar-refractivity contribution < 1.29 is 4.52 Å². The van der Waals surface area contributed by atoms with E-state index in [2.05, 4.69) is 22.4 Å². The van der Waals surface area contributed by atoms with E-state index in [9.17, 15) is 0 Å². The molecule has 1 saturated carbocycles. The first kappa shape index (κ1) is 12.6. The Balaban J connectivity index is 1.87. The fourth-order valence-electron chi connectivity index (χ4n) is 2.50. The van der Waals surface area contributed by atoms with E-state index in [1.807, 2.05) is 7.05 Å². The highest BCUT2D eigenvalue weighted by molar-refractivity contribution is 4.97. The molecular weight excluding hydrogens is 214 g/mol. The van der Waals surface area contributed by atoms with Crippen LogP contribution in [0, 0.1) is 0 Å². The first-order valence-corrected chi connectivity index (χ1v) is 6.83. The summed E-state index contributed by atoms with van der Waals surface area (Å²) in [5.41, 5.74) is 0. The van der Waals surface area contributed by atoms with E-state index in [1.165, 1.54) is 32.1 Å². The van der Waals surface area contributed by atoms with Crippen molar-refractivity contribution in [2.45, 2.75) is 63.8 Å². The number of hydrogen-bond acceptors (Lipinski definition) is 4. The molecule has 0 saturated heterocycles. The lowest BCUT2D eigenvalue weighted by atomic mass is 9.86. The molecule has 1 aromatic heterocycles. The van der Waals surface area contributed by atoms with Gasteiger partial charge in [-0.1, -0.05) is 18.5 Å². The Hall–Kier alpha value is -0.900. The van der Waals surface area contributed by atoms with Crippen molar-refractivity contribution in [2.75, 3.05) is 7.05 Å². The first-order chi connectivity index (χ1) is 8.33. The maximum Gasteiger partial charge on any atom is 0.229 e. The normalized spacial score (nSPS) is 25.1. The number of rotatable bonds is 5. The third-order valence-corrected chi connectivity index (χ3v) is 3.72. The van der Waals surface area contributed by atoms with Crippen LogP contribution in [0.4, 0.5) is 0 Å². The Morgan fingerprint density at radius 1 is 1.29 bits per heavy atom. The molecule has 17 heavy (non-hydrogen) atoms. The predicted molar refractivity (Wildman–Crippen MR) is 67.0 cm³/mol. The quantitative estimate of drug-likeness (QED) is 0.855. The summed E-state index contributed by atoms with van der Waals surface area (Å²) < 4.78 is 5.39. The van der Waals surface area contributed by atoms with E-state index in [-0.39, 0.29) is 0 Å². The first-order valence-electron chi connectivity index (χ1n) is 6.83. The molecule has 1 aliphatic rings. The molecule has 1 aromatic rings. The monoisotopic (exact) mass is 237 g/mol. The number of hydrogen-bond donors (Lipinski definition) is 1. The third kappa shape index (κ3) is 3.28. The molecule has 0 radical (unpaired) electrons. The minimum absolute atomic E-state index is 0.488. The van der Waals surface area contributed by atoms with E-state index in [0.29, 0.717) is 12.0 Å². The van der Waals surface area contributed by atoms with Crippen molar-refractivity contribution in [1.29, 1.82) is 0 Å². The lowest BCUT2D eigenvalue weighted by Crippen LogP contribution is -2.29. The molecule has 0 spiro atoms. The van der Waals surface area contributed by atoms with Gasteiger partial charge in [-0.15, -0.1) is 0 Å². The lowest BCUT2D eigenvalue weighted by Gasteiger charge is -2.25. The maximum absolute atomic E-state index is 5.39. The third-order valence-electron chi connectivity index (χ3n) is 3.72. The maximum atomic E-state index is 5.39. The molecule has 0 atom stereocenters. The predicted octanol–water partition coefficient (Wildman–Crippen LogP) is 2.66. The zero-order chi connectivity index (χ0) is 12.1. The number of aryl methyl sites for hydroxylation is 1. The number of nitrogens with one attached hydrogen (secondary N) is 1. The fourth-order valence-corrected chi connectivity index (χ4v) is 2.50. The number of aromatic nitrogens is 2. The average molecular weight is 237 g/mol. The zero-order valence-corrected chi connectivity index (χ0v) is 10.9. The van der Waals surface area contributed by atoms with Crippen LogP contribution >= 0.6 is 0 Å². The number of nitrogens with zero attached hydrogens (tertiary/aromatic N) is 2. The van der Waals surface area contributed by atoms with Gasteiger partial charge >= 0.3 is 0 Å². The molecule has 0 aromatic carbocycles. The van der Waals surface area contributed by atoms with Gasteiger partial charge in [0.05, 0.1) is 0 Å². The summed E-state index contributed by atoms with van der Waals surface area (Å²) in [6.07, 6.45) is 8.04. The van der Waals surface area contributed by atoms with Crippen LogP contribution in [0.25, 0.3) is 0 Å². The molecule has 0 bridgehead atoms. The average Bonchev–Trinajstić information content (AvgIpc) is 2.85. The SMILES string of the molecule is CCCCc1noc(C2CCC(NC)CC2)n1. The van der Waals surface area contributed by atoms with Gasteiger partial charge in [-0.3, -0.25) is 0 Å². The van der Waals surface area contributed by atoms with E-state index < -0.39 is 0 Å². The van der Waals surface area contributed by atoms with Gasteiger partial charge in [0.25, 0.3) is 0 Å². The van der Waals surface area contributed by atoms with Gasteiger partial charge in [0.1, 0.15) is 0 Å². The molecule has 1 N–H and O–H groups in total. The molecule has 1 heterocycles. The highest BCUT2D eigenvalue weighted by Crippen LogP contribution is 2.31. The van der Waals surface area contributed by atoms with Crippen LogP contribution in [-0.4, -0.2) is 23.2 Å². The van der Waals surface area contributed by atoms with Gasteiger partial charge in [0.2, 0.25) is 5.89 Å². The molecule has 0 amide bonds. The Morgan fingerprint density at radius 2 is 2.06 bits per heavy atom. The van der Waals surface area contributed by atoms with Gasteiger partial charge in [-0.05, 0) is 39.2 Å². The second-order valence-electron chi connectivity index (χ2n) is 4.99. The van der Waals surface area contributed by atoms with Crippen molar-refractivity contribution >= 4 is 0 Å². The summed E-state index contributed by atoms with van der Waals surface area (Å²) in [5, 5.41) is 7.41. The van der Waals surface area contributed by atoms with E-state index in [4.69, 9.17) is 4.52 Å². The Kier molecular flexibility index (Phi) is 4.54. The topological polar surface area (TPSA) is 51.0 Å². The number of unbranched alkanes of at least 4 members (excludes halogenated alkanes) is 1. The molecule has 0 aliphatic heterocycles. The van der Waals surface area contributed by atoms with Gasteiger partial charge in [-0.25, -0.2) is 0 Å². The second-order valence-corrected chi connectivity index (χ2v) is 4.99. The van der Waals surface area contributed by atoms with Crippen molar-refractivity contribution in [3.8, 4) is 0 Å². The van der Waals surface area contributed by atoms with Gasteiger partial charge in [0, 0.05) is 18.4 Å². The van der Waals surface area contributed by atoms with Crippen LogP contribution in [0.15, 0.2) is 4.52 Å². The standard InChI is InChI=1S/C13H23N3O/c1-3-4-5-12-15-13(17-16-12)10-6-8-11(14-2)9-7-10/h10-11,14H,3-9H2,1-2H3. The molecule has 96 valence electrons. The molecule has 4 heteroatoms. The smallest absolute Gasteiger partial charge is 0.229 e. The van der Waals surface area contributed by atoms with E-state index in [1.54, 1.807) is 0 Å². The summed E-state index contributed by atoms with van der Waals surface area (Å²) in [5.74, 6) is 2.24. The summed E-state index contributed by atoms with van der Waals surface area (Å²) >= 11 is 0. The van der Waals surface area contributed by atoms with Crippen molar-refractivity contribution in [1.82, 2.24) is 15.5 Å². The highest BCUT2D eigenvalue weighted by Gasteiger charge is 2.25. The van der Waals surface area contributed by atoms with Crippen LogP contribution in [0.2, 0.25) is 0 Å². The van der Waals surface area contributed by atoms with Crippen molar-refractivity contribution in [3.05, 3.63) is 11.7 Å². The van der Waals surface area contributed by atoms with E-state index in [0.717, 1.165) is 24.6 Å². The summed E-state index contributed by atoms with van der Waals surface area (Å²) in [6.45, 7) is 2.18. The second kappa shape index (κ2) is 6.15. The highest BCUT2D eigenvalue weighted by atomic mass is 16.5. The molecular formula is C13H23N3O. The molecule has 4 nitrogen and oxygen atoms in total. The van der Waals surface area contributed by atoms with Crippen LogP contribution in [0.5, 0.6) is 0 Å². The Morgan fingerprint density at radius 3 is 2.71 bits per heavy atom. The van der Waals surface area contributed by atoms with Crippen LogP contribution < -0.4 is 5.32 Å². The van der Waals surface area contributed by atoms with Crippen molar-refractivity contribution in [3.63, 3.8) is 0 Å². The zero-order valence-electron chi connectivity index (χ0n) is 10.9. The van der Waals surface area contributed by atoms with Crippen molar-refractivity contribution in [2.24, 2.45) is 0 Å². The minimum atomic E-state index is 0.488.